The van der Waals surface area contributed by atoms with Crippen LogP contribution in [0.3, 0.4) is 0 Å². The van der Waals surface area contributed by atoms with E-state index in [9.17, 15) is 9.00 Å². The van der Waals surface area contributed by atoms with Gasteiger partial charge in [-0.05, 0) is 30.9 Å². The summed E-state index contributed by atoms with van der Waals surface area (Å²) in [5, 5.41) is 4.93. The summed E-state index contributed by atoms with van der Waals surface area (Å²) in [6.07, 6.45) is -12.8. The van der Waals surface area contributed by atoms with Gasteiger partial charge in [0.1, 0.15) is 0 Å². The maximum absolute atomic E-state index is 12.6. The summed E-state index contributed by atoms with van der Waals surface area (Å²) in [5.41, 5.74) is 0.180. The average Bonchev–Trinajstić information content (AvgIpc) is 3.21. The number of hydrogen-bond donors (Lipinski definition) is 0. The van der Waals surface area contributed by atoms with Crippen LogP contribution in [0.15, 0.2) is 28.8 Å². The van der Waals surface area contributed by atoms with Crippen LogP contribution in [0.4, 0.5) is 0 Å². The lowest BCUT2D eigenvalue weighted by molar-refractivity contribution is 0.100. The Bertz CT molecular complexity index is 1510. The number of carbonyl (C=O) groups is 1. The Morgan fingerprint density at radius 1 is 1.27 bits per heavy atom. The number of benzene rings is 1. The number of rotatable bonds is 2. The van der Waals surface area contributed by atoms with Crippen molar-refractivity contribution >= 4 is 37.6 Å². The van der Waals surface area contributed by atoms with E-state index in [4.69, 9.17) is 13.7 Å². The molecule has 7 heteroatoms. The Balaban J connectivity index is 2.10. The van der Waals surface area contributed by atoms with Gasteiger partial charge in [-0.2, -0.15) is 9.46 Å². The van der Waals surface area contributed by atoms with Crippen molar-refractivity contribution in [1.29, 1.82) is 0 Å². The van der Waals surface area contributed by atoms with Crippen molar-refractivity contribution in [3.63, 3.8) is 0 Å². The van der Waals surface area contributed by atoms with Gasteiger partial charge in [0, 0.05) is 71.6 Å². The molecule has 1 saturated carbocycles. The Kier molecular flexibility index (Phi) is 2.20. The molecule has 2 aromatic heterocycles. The summed E-state index contributed by atoms with van der Waals surface area (Å²) in [6, 6.07) is 1.87. The van der Waals surface area contributed by atoms with Crippen LogP contribution in [0, 0.1) is 0 Å². The van der Waals surface area contributed by atoms with E-state index in [0.29, 0.717) is 10.8 Å². The van der Waals surface area contributed by atoms with Gasteiger partial charge in [-0.1, -0.05) is 19.1 Å². The molecule has 1 amide bonds. The smallest absolute Gasteiger partial charge is 0.285 e. The van der Waals surface area contributed by atoms with E-state index in [2.05, 4.69) is 9.46 Å². The van der Waals surface area contributed by atoms with Crippen molar-refractivity contribution in [2.45, 2.75) is 37.9 Å². The van der Waals surface area contributed by atoms with Crippen molar-refractivity contribution in [3.8, 4) is 0 Å². The Labute approximate surface area is 167 Å². The van der Waals surface area contributed by atoms with Crippen molar-refractivity contribution in [1.82, 2.24) is 14.3 Å². The van der Waals surface area contributed by atoms with Crippen LogP contribution < -0.4 is 0 Å². The monoisotopic (exact) mass is 382 g/mol. The summed E-state index contributed by atoms with van der Waals surface area (Å²) >= 11 is 0. The van der Waals surface area contributed by atoms with Gasteiger partial charge in [-0.3, -0.25) is 9.48 Å². The minimum atomic E-state index is -3.52. The predicted octanol–water partition coefficient (Wildman–Crippen LogP) is 3.90. The molecule has 0 saturated heterocycles. The van der Waals surface area contributed by atoms with Crippen LogP contribution in [-0.2, 0) is 16.8 Å². The molecule has 2 heterocycles. The molecule has 1 aromatic carbocycles. The molecule has 1 aliphatic rings. The van der Waals surface area contributed by atoms with Crippen LogP contribution in [-0.4, -0.2) is 37.0 Å². The van der Waals surface area contributed by atoms with E-state index in [1.54, 1.807) is 7.05 Å². The molecule has 0 radical (unpaired) electrons. The second-order valence-corrected chi connectivity index (χ2v) is 8.83. The molecule has 0 bridgehead atoms. The SMILES string of the molecule is [2H]C1([2H])C(n2c3ccc(C(=O)N=S(C)(C)=O)cc3c3cn(C)nc32)C([2H])([2H])C([2H])([2H])C([2H])([2H])C1([2H])[2H]. The van der Waals surface area contributed by atoms with Crippen LogP contribution >= 0.6 is 0 Å². The minimum absolute atomic E-state index is 0.00405. The van der Waals surface area contributed by atoms with Crippen molar-refractivity contribution in [3.05, 3.63) is 30.0 Å². The summed E-state index contributed by atoms with van der Waals surface area (Å²) in [6.45, 7) is 0. The highest BCUT2D eigenvalue weighted by molar-refractivity contribution is 7.92. The van der Waals surface area contributed by atoms with E-state index < -0.39 is 53.5 Å². The topological polar surface area (TPSA) is 69.2 Å². The first-order valence-corrected chi connectivity index (χ1v) is 10.1. The molecule has 4 rings (SSSR count). The number of nitrogens with zero attached hydrogens (tertiary/aromatic N) is 4. The summed E-state index contributed by atoms with van der Waals surface area (Å²) in [7, 11) is -1.21. The van der Waals surface area contributed by atoms with Gasteiger partial charge in [0.15, 0.2) is 5.65 Å². The molecule has 0 spiro atoms. The standard InChI is InChI=1S/C19H24N4O2S/c1-22-12-16-15-11-13(19(24)21-26(2,3)25)9-10-17(15)23(18(16)20-22)14-7-5-4-6-8-14/h9-12,14H,4-8H2,1-3H3/i4D2,5D2,6D2,7D2,8D2. The Morgan fingerprint density at radius 3 is 2.69 bits per heavy atom. The lowest BCUT2D eigenvalue weighted by Crippen LogP contribution is -2.13. The average molecular weight is 383 g/mol. The zero-order valence-corrected chi connectivity index (χ0v) is 15.2. The van der Waals surface area contributed by atoms with E-state index in [1.165, 1.54) is 41.6 Å². The number of amides is 1. The molecular formula is C19H24N4O2S. The molecule has 6 nitrogen and oxygen atoms in total. The molecule has 3 aromatic rings. The third kappa shape index (κ3) is 3.05. The van der Waals surface area contributed by atoms with Gasteiger partial charge in [0.05, 0.1) is 5.52 Å². The van der Waals surface area contributed by atoms with Crippen LogP contribution in [0.2, 0.25) is 0 Å². The first-order chi connectivity index (χ1) is 16.1. The quantitative estimate of drug-likeness (QED) is 0.675. The van der Waals surface area contributed by atoms with Crippen LogP contribution in [0.1, 0.15) is 62.0 Å². The molecule has 1 fully saturated rings. The van der Waals surface area contributed by atoms with Gasteiger partial charge in [0.25, 0.3) is 5.91 Å². The first kappa shape index (κ1) is 9.17. The zero-order valence-electron chi connectivity index (χ0n) is 24.4. The maximum Gasteiger partial charge on any atom is 0.285 e. The number of hydrogen-bond acceptors (Lipinski definition) is 3. The fourth-order valence-corrected chi connectivity index (χ4v) is 3.48. The summed E-state index contributed by atoms with van der Waals surface area (Å²) in [5.74, 6) is -0.763. The maximum atomic E-state index is 12.6. The van der Waals surface area contributed by atoms with Crippen LogP contribution in [0.5, 0.6) is 0 Å². The van der Waals surface area contributed by atoms with Crippen molar-refractivity contribution in [2.24, 2.45) is 11.4 Å². The molecule has 0 N–H and O–H groups in total. The fraction of sp³-hybridized carbons (Fsp3) is 0.474. The minimum Gasteiger partial charge on any atom is -0.321 e. The largest absolute Gasteiger partial charge is 0.321 e. The molecule has 0 aliphatic heterocycles. The highest BCUT2D eigenvalue weighted by Crippen LogP contribution is 2.37. The molecule has 26 heavy (non-hydrogen) atoms. The fourth-order valence-electron chi connectivity index (χ4n) is 2.97. The zero-order chi connectivity index (χ0) is 27.4. The van der Waals surface area contributed by atoms with E-state index in [-0.39, 0.29) is 16.7 Å². The number of aromatic nitrogens is 3. The molecule has 0 atom stereocenters. The van der Waals surface area contributed by atoms with Gasteiger partial charge in [0.2, 0.25) is 0 Å². The summed E-state index contributed by atoms with van der Waals surface area (Å²) < 4.78 is 102. The Morgan fingerprint density at radius 2 is 2.00 bits per heavy atom. The van der Waals surface area contributed by atoms with Crippen molar-refractivity contribution < 1.29 is 22.7 Å². The third-order valence-corrected chi connectivity index (χ3v) is 4.54. The van der Waals surface area contributed by atoms with Crippen LogP contribution in [0.25, 0.3) is 21.9 Å². The first-order valence-electron chi connectivity index (χ1n) is 12.8. The highest BCUT2D eigenvalue weighted by atomic mass is 32.2. The molecule has 0 unspecified atom stereocenters. The van der Waals surface area contributed by atoms with Gasteiger partial charge in [-0.25, -0.2) is 4.21 Å². The van der Waals surface area contributed by atoms with E-state index in [1.807, 2.05) is 0 Å². The van der Waals surface area contributed by atoms with E-state index in [0.717, 1.165) is 4.57 Å². The molecule has 138 valence electrons. The predicted molar refractivity (Wildman–Crippen MR) is 105 cm³/mol. The second kappa shape index (κ2) is 6.23. The van der Waals surface area contributed by atoms with Gasteiger partial charge in [-0.15, -0.1) is 0 Å². The van der Waals surface area contributed by atoms with Crippen molar-refractivity contribution in [2.75, 3.05) is 12.5 Å². The number of fused-ring (bicyclic) bond motifs is 3. The number of carbonyl (C=O) groups excluding carboxylic acids is 1. The van der Waals surface area contributed by atoms with Gasteiger partial charge >= 0.3 is 0 Å². The lowest BCUT2D eigenvalue weighted by Gasteiger charge is -2.24. The second-order valence-electron chi connectivity index (χ2n) is 6.29. The van der Waals surface area contributed by atoms with Gasteiger partial charge < -0.3 is 4.57 Å². The molecule has 1 aliphatic carbocycles. The third-order valence-electron chi connectivity index (χ3n) is 3.93. The Hall–Kier alpha value is -2.15. The molecular weight excluding hydrogens is 348 g/mol. The number of aryl methyl sites for hydroxylation is 1. The normalized spacial score (nSPS) is 31.8. The lowest BCUT2D eigenvalue weighted by atomic mass is 9.95. The highest BCUT2D eigenvalue weighted by Gasteiger charge is 2.23. The summed E-state index contributed by atoms with van der Waals surface area (Å²) in [4.78, 5) is 12.6. The van der Waals surface area contributed by atoms with E-state index >= 15 is 0 Å².